The van der Waals surface area contributed by atoms with Crippen molar-refractivity contribution in [2.45, 2.75) is 26.4 Å². The fourth-order valence-corrected chi connectivity index (χ4v) is 1.76. The van der Waals surface area contributed by atoms with Crippen molar-refractivity contribution in [3.63, 3.8) is 0 Å². The summed E-state index contributed by atoms with van der Waals surface area (Å²) in [5, 5.41) is 8.96. The number of nitrogen functional groups attached to an aromatic ring is 1. The van der Waals surface area contributed by atoms with Crippen molar-refractivity contribution in [1.29, 1.82) is 0 Å². The van der Waals surface area contributed by atoms with Gasteiger partial charge in [-0.25, -0.2) is 8.78 Å². The van der Waals surface area contributed by atoms with Gasteiger partial charge in [-0.2, -0.15) is 0 Å². The molecule has 0 aromatic heterocycles. The molecule has 0 fully saturated rings. The summed E-state index contributed by atoms with van der Waals surface area (Å²) in [6.45, 7) is 3.12. The SMILES string of the molecule is CC(C)Oc1cccc(N(CCO)CC(F)F)c1N. The van der Waals surface area contributed by atoms with E-state index < -0.39 is 13.0 Å². The van der Waals surface area contributed by atoms with Gasteiger partial charge in [-0.3, -0.25) is 0 Å². The summed E-state index contributed by atoms with van der Waals surface area (Å²) >= 11 is 0. The molecule has 0 saturated heterocycles. The van der Waals surface area contributed by atoms with Gasteiger partial charge in [0.2, 0.25) is 0 Å². The molecule has 0 atom stereocenters. The van der Waals surface area contributed by atoms with Crippen LogP contribution in [0.15, 0.2) is 18.2 Å². The number of rotatable bonds is 7. The number of benzene rings is 1. The van der Waals surface area contributed by atoms with Crippen molar-refractivity contribution in [1.82, 2.24) is 0 Å². The Morgan fingerprint density at radius 1 is 1.37 bits per heavy atom. The first kappa shape index (κ1) is 15.5. The van der Waals surface area contributed by atoms with E-state index in [-0.39, 0.29) is 19.3 Å². The number of para-hydroxylation sites is 1. The van der Waals surface area contributed by atoms with Gasteiger partial charge >= 0.3 is 0 Å². The predicted octanol–water partition coefficient (Wildman–Crippen LogP) is 2.12. The molecule has 0 radical (unpaired) electrons. The first-order valence-electron chi connectivity index (χ1n) is 6.14. The second kappa shape index (κ2) is 7.13. The number of nitrogens with two attached hydrogens (primary N) is 1. The molecule has 0 heterocycles. The van der Waals surface area contributed by atoms with Crippen LogP contribution in [0.2, 0.25) is 0 Å². The Hall–Kier alpha value is -1.56. The molecule has 108 valence electrons. The number of halogens is 2. The number of nitrogens with zero attached hydrogens (tertiary/aromatic N) is 1. The van der Waals surface area contributed by atoms with E-state index in [2.05, 4.69) is 0 Å². The maximum absolute atomic E-state index is 12.5. The molecule has 3 N–H and O–H groups in total. The largest absolute Gasteiger partial charge is 0.489 e. The maximum atomic E-state index is 12.5. The van der Waals surface area contributed by atoms with Crippen LogP contribution < -0.4 is 15.4 Å². The lowest BCUT2D eigenvalue weighted by Crippen LogP contribution is -2.32. The first-order valence-corrected chi connectivity index (χ1v) is 6.14. The van der Waals surface area contributed by atoms with Crippen LogP contribution in [0, 0.1) is 0 Å². The minimum Gasteiger partial charge on any atom is -0.489 e. The Bertz CT molecular complexity index is 400. The van der Waals surface area contributed by atoms with Crippen molar-refractivity contribution in [3.8, 4) is 5.75 Å². The van der Waals surface area contributed by atoms with E-state index in [4.69, 9.17) is 15.6 Å². The number of aliphatic hydroxyl groups excluding tert-OH is 1. The highest BCUT2D eigenvalue weighted by Crippen LogP contribution is 2.33. The van der Waals surface area contributed by atoms with E-state index in [9.17, 15) is 8.78 Å². The highest BCUT2D eigenvalue weighted by Gasteiger charge is 2.17. The van der Waals surface area contributed by atoms with E-state index in [1.807, 2.05) is 13.8 Å². The molecule has 6 heteroatoms. The molecule has 0 saturated carbocycles. The molecule has 0 spiro atoms. The van der Waals surface area contributed by atoms with Crippen molar-refractivity contribution in [2.75, 3.05) is 30.3 Å². The van der Waals surface area contributed by atoms with Gasteiger partial charge in [-0.15, -0.1) is 0 Å². The van der Waals surface area contributed by atoms with Gasteiger partial charge in [0, 0.05) is 6.54 Å². The Labute approximate surface area is 111 Å². The Morgan fingerprint density at radius 2 is 2.05 bits per heavy atom. The topological polar surface area (TPSA) is 58.7 Å². The van der Waals surface area contributed by atoms with Gasteiger partial charge in [-0.05, 0) is 26.0 Å². The van der Waals surface area contributed by atoms with E-state index in [1.165, 1.54) is 4.90 Å². The van der Waals surface area contributed by atoms with E-state index in [0.29, 0.717) is 17.1 Å². The molecule has 1 rings (SSSR count). The normalized spacial score (nSPS) is 11.1. The van der Waals surface area contributed by atoms with Gasteiger partial charge in [-0.1, -0.05) is 6.07 Å². The zero-order chi connectivity index (χ0) is 14.4. The van der Waals surface area contributed by atoms with Crippen molar-refractivity contribution >= 4 is 11.4 Å². The zero-order valence-corrected chi connectivity index (χ0v) is 11.1. The van der Waals surface area contributed by atoms with Crippen molar-refractivity contribution in [2.24, 2.45) is 0 Å². The average Bonchev–Trinajstić information content (AvgIpc) is 2.30. The lowest BCUT2D eigenvalue weighted by molar-refractivity contribution is 0.153. The molecule has 0 unspecified atom stereocenters. The highest BCUT2D eigenvalue weighted by atomic mass is 19.3. The summed E-state index contributed by atoms with van der Waals surface area (Å²) in [5.41, 5.74) is 6.71. The van der Waals surface area contributed by atoms with Gasteiger partial charge in [0.1, 0.15) is 5.75 Å². The fraction of sp³-hybridized carbons (Fsp3) is 0.538. The fourth-order valence-electron chi connectivity index (χ4n) is 1.76. The van der Waals surface area contributed by atoms with E-state index in [0.717, 1.165) is 0 Å². The summed E-state index contributed by atoms with van der Waals surface area (Å²) < 4.78 is 30.6. The number of hydrogen-bond donors (Lipinski definition) is 2. The maximum Gasteiger partial charge on any atom is 0.255 e. The first-order chi connectivity index (χ1) is 8.95. The minimum atomic E-state index is -2.50. The lowest BCUT2D eigenvalue weighted by Gasteiger charge is -2.26. The van der Waals surface area contributed by atoms with E-state index >= 15 is 0 Å². The van der Waals surface area contributed by atoms with Crippen LogP contribution in [0.5, 0.6) is 5.75 Å². The third-order valence-corrected chi connectivity index (χ3v) is 2.47. The number of anilines is 2. The lowest BCUT2D eigenvalue weighted by atomic mass is 10.2. The van der Waals surface area contributed by atoms with Crippen LogP contribution >= 0.6 is 0 Å². The van der Waals surface area contributed by atoms with Gasteiger partial charge < -0.3 is 20.5 Å². The highest BCUT2D eigenvalue weighted by molar-refractivity contribution is 5.74. The van der Waals surface area contributed by atoms with Crippen LogP contribution in [0.25, 0.3) is 0 Å². The smallest absolute Gasteiger partial charge is 0.255 e. The number of hydrogen-bond acceptors (Lipinski definition) is 4. The number of aliphatic hydroxyl groups is 1. The number of ether oxygens (including phenoxy) is 1. The van der Waals surface area contributed by atoms with Crippen LogP contribution in [0.3, 0.4) is 0 Å². The molecular formula is C13H20F2N2O2. The average molecular weight is 274 g/mol. The van der Waals surface area contributed by atoms with Gasteiger partial charge in [0.05, 0.1) is 30.6 Å². The third kappa shape index (κ3) is 4.55. The van der Waals surface area contributed by atoms with Gasteiger partial charge in [0.15, 0.2) is 0 Å². The quantitative estimate of drug-likeness (QED) is 0.748. The second-order valence-corrected chi connectivity index (χ2v) is 4.42. The molecule has 4 nitrogen and oxygen atoms in total. The van der Waals surface area contributed by atoms with Crippen LogP contribution in [-0.2, 0) is 0 Å². The van der Waals surface area contributed by atoms with Crippen LogP contribution in [0.1, 0.15) is 13.8 Å². The molecule has 0 bridgehead atoms. The summed E-state index contributed by atoms with van der Waals surface area (Å²) in [6, 6.07) is 5.03. The Balaban J connectivity index is 3.01. The molecule has 1 aromatic rings. The summed E-state index contributed by atoms with van der Waals surface area (Å²) in [5.74, 6) is 0.463. The van der Waals surface area contributed by atoms with Crippen LogP contribution in [-0.4, -0.2) is 37.3 Å². The van der Waals surface area contributed by atoms with Crippen LogP contribution in [0.4, 0.5) is 20.2 Å². The third-order valence-electron chi connectivity index (χ3n) is 2.47. The molecular weight excluding hydrogens is 254 g/mol. The Morgan fingerprint density at radius 3 is 2.58 bits per heavy atom. The predicted molar refractivity (Wildman–Crippen MR) is 71.9 cm³/mol. The summed E-state index contributed by atoms with van der Waals surface area (Å²) in [4.78, 5) is 1.35. The van der Waals surface area contributed by atoms with E-state index in [1.54, 1.807) is 18.2 Å². The summed E-state index contributed by atoms with van der Waals surface area (Å²) in [7, 11) is 0. The second-order valence-electron chi connectivity index (χ2n) is 4.42. The molecule has 1 aromatic carbocycles. The zero-order valence-electron chi connectivity index (χ0n) is 11.1. The molecule has 0 aliphatic carbocycles. The minimum absolute atomic E-state index is 0.0565. The molecule has 0 amide bonds. The van der Waals surface area contributed by atoms with Crippen molar-refractivity contribution in [3.05, 3.63) is 18.2 Å². The standard InChI is InChI=1S/C13H20F2N2O2/c1-9(2)19-11-5-3-4-10(13(11)16)17(6-7-18)8-12(14)15/h3-5,9,12,18H,6-8,16H2,1-2H3. The molecule has 0 aliphatic rings. The summed E-state index contributed by atoms with van der Waals surface area (Å²) in [6.07, 6.45) is -2.56. The molecule has 19 heavy (non-hydrogen) atoms. The van der Waals surface area contributed by atoms with Gasteiger partial charge in [0.25, 0.3) is 6.43 Å². The van der Waals surface area contributed by atoms with Crippen molar-refractivity contribution < 1.29 is 18.6 Å². The number of alkyl halides is 2. The Kier molecular flexibility index (Phi) is 5.82. The molecule has 0 aliphatic heterocycles. The monoisotopic (exact) mass is 274 g/mol.